The molecule has 1 aliphatic heterocycles. The molecule has 1 N–H and O–H groups in total. The summed E-state index contributed by atoms with van der Waals surface area (Å²) in [5.41, 5.74) is 1.69. The van der Waals surface area contributed by atoms with Gasteiger partial charge in [-0.05, 0) is 37.8 Å². The van der Waals surface area contributed by atoms with Crippen molar-refractivity contribution in [1.82, 2.24) is 4.72 Å². The monoisotopic (exact) mass is 317 g/mol. The fraction of sp³-hybridized carbons (Fsp3) is 0.538. The van der Waals surface area contributed by atoms with Gasteiger partial charge < -0.3 is 0 Å². The Labute approximate surface area is 120 Å². The maximum atomic E-state index is 12.2. The molecule has 1 aromatic carbocycles. The second-order valence-corrected chi connectivity index (χ2v) is 9.35. The molecule has 5 nitrogen and oxygen atoms in total. The Morgan fingerprint density at radius 3 is 2.55 bits per heavy atom. The van der Waals surface area contributed by atoms with Crippen molar-refractivity contribution in [2.75, 3.05) is 18.1 Å². The quantitative estimate of drug-likeness (QED) is 0.899. The largest absolute Gasteiger partial charge is 0.240 e. The third-order valence-corrected chi connectivity index (χ3v) is 6.93. The number of nitrogens with one attached hydrogen (secondary N) is 1. The van der Waals surface area contributed by atoms with Crippen LogP contribution in [0.25, 0.3) is 0 Å². The van der Waals surface area contributed by atoms with Crippen molar-refractivity contribution in [2.45, 2.75) is 25.2 Å². The van der Waals surface area contributed by atoms with Crippen molar-refractivity contribution in [3.8, 4) is 0 Å². The van der Waals surface area contributed by atoms with E-state index in [1.165, 1.54) is 0 Å². The van der Waals surface area contributed by atoms with Crippen LogP contribution in [0.15, 0.2) is 23.1 Å². The maximum absolute atomic E-state index is 12.2. The minimum atomic E-state index is -3.58. The fourth-order valence-electron chi connectivity index (χ4n) is 2.44. The lowest BCUT2D eigenvalue weighted by molar-refractivity contribution is 0.543. The number of hydrogen-bond acceptors (Lipinski definition) is 4. The van der Waals surface area contributed by atoms with Crippen molar-refractivity contribution in [1.29, 1.82) is 0 Å². The van der Waals surface area contributed by atoms with Gasteiger partial charge in [0.1, 0.15) is 0 Å². The van der Waals surface area contributed by atoms with Gasteiger partial charge in [0.05, 0.1) is 16.4 Å². The van der Waals surface area contributed by atoms with Crippen LogP contribution in [0.4, 0.5) is 0 Å². The summed E-state index contributed by atoms with van der Waals surface area (Å²) in [7, 11) is -6.55. The Morgan fingerprint density at radius 2 is 2.00 bits per heavy atom. The van der Waals surface area contributed by atoms with Crippen LogP contribution in [0.5, 0.6) is 0 Å². The number of aryl methyl sites for hydroxylation is 2. The molecule has 0 spiro atoms. The van der Waals surface area contributed by atoms with Crippen LogP contribution in [0, 0.1) is 19.8 Å². The highest BCUT2D eigenvalue weighted by Crippen LogP contribution is 2.20. The summed E-state index contributed by atoms with van der Waals surface area (Å²) in [6.45, 7) is 3.83. The van der Waals surface area contributed by atoms with Crippen LogP contribution in [0.1, 0.15) is 17.5 Å². The molecule has 1 fully saturated rings. The van der Waals surface area contributed by atoms with E-state index in [0.29, 0.717) is 12.0 Å². The van der Waals surface area contributed by atoms with Crippen molar-refractivity contribution < 1.29 is 16.8 Å². The van der Waals surface area contributed by atoms with E-state index >= 15 is 0 Å². The first kappa shape index (κ1) is 15.5. The summed E-state index contributed by atoms with van der Waals surface area (Å²) in [6.07, 6.45) is 0.526. The summed E-state index contributed by atoms with van der Waals surface area (Å²) in [5, 5.41) is 0. The molecule has 0 saturated carbocycles. The average molecular weight is 317 g/mol. The Balaban J connectivity index is 2.08. The van der Waals surface area contributed by atoms with E-state index in [2.05, 4.69) is 4.72 Å². The Bertz CT molecular complexity index is 708. The summed E-state index contributed by atoms with van der Waals surface area (Å²) in [5.74, 6) is 0.103. The van der Waals surface area contributed by atoms with Crippen LogP contribution in [-0.2, 0) is 19.9 Å². The van der Waals surface area contributed by atoms with Gasteiger partial charge in [0.25, 0.3) is 0 Å². The van der Waals surface area contributed by atoms with Gasteiger partial charge in [0, 0.05) is 6.54 Å². The Kier molecular flexibility index (Phi) is 4.22. The summed E-state index contributed by atoms with van der Waals surface area (Å²) >= 11 is 0. The molecule has 0 bridgehead atoms. The van der Waals surface area contributed by atoms with E-state index in [-0.39, 0.29) is 28.9 Å². The van der Waals surface area contributed by atoms with Gasteiger partial charge in [-0.3, -0.25) is 0 Å². The molecule has 0 radical (unpaired) electrons. The molecule has 2 rings (SSSR count). The Morgan fingerprint density at radius 1 is 1.30 bits per heavy atom. The molecule has 1 aliphatic rings. The van der Waals surface area contributed by atoms with Crippen molar-refractivity contribution >= 4 is 19.9 Å². The van der Waals surface area contributed by atoms with Crippen molar-refractivity contribution in [3.05, 3.63) is 29.3 Å². The topological polar surface area (TPSA) is 80.3 Å². The lowest BCUT2D eigenvalue weighted by Gasteiger charge is -2.12. The summed E-state index contributed by atoms with van der Waals surface area (Å²) in [6, 6.07) is 5.15. The van der Waals surface area contributed by atoms with E-state index < -0.39 is 19.9 Å². The van der Waals surface area contributed by atoms with Gasteiger partial charge in [0.15, 0.2) is 9.84 Å². The van der Waals surface area contributed by atoms with Crippen LogP contribution in [0.2, 0.25) is 0 Å². The molecule has 7 heteroatoms. The maximum Gasteiger partial charge on any atom is 0.240 e. The van der Waals surface area contributed by atoms with E-state index in [9.17, 15) is 16.8 Å². The molecule has 20 heavy (non-hydrogen) atoms. The Hall–Kier alpha value is -0.920. The van der Waals surface area contributed by atoms with Crippen molar-refractivity contribution in [3.63, 3.8) is 0 Å². The molecular formula is C13H19NO4S2. The molecule has 1 atom stereocenters. The van der Waals surface area contributed by atoms with E-state index in [1.807, 2.05) is 13.0 Å². The number of sulfonamides is 1. The zero-order chi connectivity index (χ0) is 15.0. The fourth-order valence-corrected chi connectivity index (χ4v) is 5.64. The molecule has 1 heterocycles. The molecule has 112 valence electrons. The lowest BCUT2D eigenvalue weighted by Crippen LogP contribution is -2.30. The van der Waals surface area contributed by atoms with Gasteiger partial charge in [-0.1, -0.05) is 17.7 Å². The molecule has 0 aromatic heterocycles. The molecule has 0 aliphatic carbocycles. The van der Waals surface area contributed by atoms with Crippen LogP contribution >= 0.6 is 0 Å². The second-order valence-electron chi connectivity index (χ2n) is 5.39. The van der Waals surface area contributed by atoms with Crippen LogP contribution < -0.4 is 4.72 Å². The second kappa shape index (κ2) is 5.46. The van der Waals surface area contributed by atoms with E-state index in [4.69, 9.17) is 0 Å². The van der Waals surface area contributed by atoms with Crippen molar-refractivity contribution in [2.24, 2.45) is 5.92 Å². The third-order valence-electron chi connectivity index (χ3n) is 3.51. The van der Waals surface area contributed by atoms with Crippen LogP contribution in [0.3, 0.4) is 0 Å². The first-order valence-corrected chi connectivity index (χ1v) is 9.77. The molecule has 1 saturated heterocycles. The first-order chi connectivity index (χ1) is 9.20. The van der Waals surface area contributed by atoms with Gasteiger partial charge in [-0.15, -0.1) is 0 Å². The number of hydrogen-bond donors (Lipinski definition) is 1. The molecular weight excluding hydrogens is 298 g/mol. The minimum Gasteiger partial charge on any atom is -0.229 e. The molecule has 0 amide bonds. The highest BCUT2D eigenvalue weighted by Gasteiger charge is 2.29. The standard InChI is InChI=1S/C13H19NO4S2/c1-10-3-4-13(11(2)7-10)20(17,18)14-8-12-5-6-19(15,16)9-12/h3-4,7,12,14H,5-6,8-9H2,1-2H3/t12-/m1/s1. The predicted octanol–water partition coefficient (Wildman–Crippen LogP) is 1.02. The normalized spacial score (nSPS) is 22.0. The van der Waals surface area contributed by atoms with Gasteiger partial charge in [-0.25, -0.2) is 21.6 Å². The van der Waals surface area contributed by atoms with Crippen LogP contribution in [-0.4, -0.2) is 34.9 Å². The smallest absolute Gasteiger partial charge is 0.229 e. The first-order valence-electron chi connectivity index (χ1n) is 6.47. The minimum absolute atomic E-state index is 0.0718. The van der Waals surface area contributed by atoms with Gasteiger partial charge in [0.2, 0.25) is 10.0 Å². The predicted molar refractivity (Wildman–Crippen MR) is 77.9 cm³/mol. The molecule has 1 aromatic rings. The lowest BCUT2D eigenvalue weighted by atomic mass is 10.1. The summed E-state index contributed by atoms with van der Waals surface area (Å²) < 4.78 is 49.7. The van der Waals surface area contributed by atoms with Gasteiger partial charge in [-0.2, -0.15) is 0 Å². The number of rotatable bonds is 4. The zero-order valence-electron chi connectivity index (χ0n) is 11.6. The molecule has 0 unspecified atom stereocenters. The van der Waals surface area contributed by atoms with Gasteiger partial charge >= 0.3 is 0 Å². The summed E-state index contributed by atoms with van der Waals surface area (Å²) in [4.78, 5) is 0.254. The number of sulfone groups is 1. The average Bonchev–Trinajstić information content (AvgIpc) is 2.66. The third kappa shape index (κ3) is 3.59. The highest BCUT2D eigenvalue weighted by molar-refractivity contribution is 7.91. The highest BCUT2D eigenvalue weighted by atomic mass is 32.2. The number of benzene rings is 1. The zero-order valence-corrected chi connectivity index (χ0v) is 13.2. The van der Waals surface area contributed by atoms with E-state index in [1.54, 1.807) is 19.1 Å². The van der Waals surface area contributed by atoms with E-state index in [0.717, 1.165) is 5.56 Å². The SMILES string of the molecule is Cc1ccc(S(=O)(=O)NC[C@H]2CCS(=O)(=O)C2)c(C)c1.